The fourth-order valence-electron chi connectivity index (χ4n) is 4.01. The molecule has 0 aliphatic carbocycles. The van der Waals surface area contributed by atoms with E-state index >= 15 is 0 Å². The molecule has 0 spiro atoms. The predicted octanol–water partition coefficient (Wildman–Crippen LogP) is 3.93. The summed E-state index contributed by atoms with van der Waals surface area (Å²) in [5, 5.41) is 16.7. The molecule has 0 atom stereocenters. The monoisotopic (exact) mass is 473 g/mol. The van der Waals surface area contributed by atoms with E-state index in [4.69, 9.17) is 4.74 Å². The lowest BCUT2D eigenvalue weighted by atomic mass is 10.0. The van der Waals surface area contributed by atoms with E-state index in [1.165, 1.54) is 12.8 Å². The number of hydrogen-bond donors (Lipinski definition) is 1. The number of carbonyl (C=O) groups is 1. The molecular formula is C26H31N7O2. The van der Waals surface area contributed by atoms with Gasteiger partial charge in [-0.05, 0) is 69.4 Å². The summed E-state index contributed by atoms with van der Waals surface area (Å²) in [5.41, 5.74) is 3.88. The SMILES string of the molecule is CC(C)(C)OC(=O)NCCc1cnc(-c2ccc(C#N)cc2Cn2cc(N3CCCC3)cn2)nc1. The molecule has 4 rings (SSSR count). The Bertz CT molecular complexity index is 1200. The van der Waals surface area contributed by atoms with Gasteiger partial charge in [0, 0.05) is 43.8 Å². The average molecular weight is 474 g/mol. The van der Waals surface area contributed by atoms with Crippen molar-refractivity contribution in [1.29, 1.82) is 5.26 Å². The van der Waals surface area contributed by atoms with Gasteiger partial charge < -0.3 is 15.0 Å². The van der Waals surface area contributed by atoms with Crippen LogP contribution in [0.25, 0.3) is 11.4 Å². The van der Waals surface area contributed by atoms with Crippen LogP contribution in [0.4, 0.5) is 10.5 Å². The van der Waals surface area contributed by atoms with E-state index in [0.29, 0.717) is 30.9 Å². The summed E-state index contributed by atoms with van der Waals surface area (Å²) in [5.74, 6) is 0.584. The van der Waals surface area contributed by atoms with Crippen molar-refractivity contribution in [3.63, 3.8) is 0 Å². The molecule has 3 heterocycles. The van der Waals surface area contributed by atoms with Gasteiger partial charge in [-0.2, -0.15) is 10.4 Å². The molecule has 0 unspecified atom stereocenters. The number of amides is 1. The molecule has 0 radical (unpaired) electrons. The largest absolute Gasteiger partial charge is 0.444 e. The Kier molecular flexibility index (Phi) is 7.30. The Morgan fingerprint density at radius 3 is 2.60 bits per heavy atom. The number of anilines is 1. The second-order valence-corrected chi connectivity index (χ2v) is 9.67. The van der Waals surface area contributed by atoms with Crippen LogP contribution >= 0.6 is 0 Å². The normalized spacial score (nSPS) is 13.5. The van der Waals surface area contributed by atoms with Crippen molar-refractivity contribution in [3.8, 4) is 17.5 Å². The molecule has 0 bridgehead atoms. The van der Waals surface area contributed by atoms with E-state index < -0.39 is 11.7 Å². The van der Waals surface area contributed by atoms with Crippen molar-refractivity contribution in [2.45, 2.75) is 52.2 Å². The summed E-state index contributed by atoms with van der Waals surface area (Å²) in [6.07, 6.45) is 10.1. The van der Waals surface area contributed by atoms with Crippen molar-refractivity contribution in [2.75, 3.05) is 24.5 Å². The van der Waals surface area contributed by atoms with Crippen LogP contribution in [0.5, 0.6) is 0 Å². The molecule has 9 nitrogen and oxygen atoms in total. The third-order valence-electron chi connectivity index (χ3n) is 5.69. The molecule has 2 aromatic heterocycles. The number of carbonyl (C=O) groups excluding carboxylic acids is 1. The summed E-state index contributed by atoms with van der Waals surface area (Å²) in [7, 11) is 0. The summed E-state index contributed by atoms with van der Waals surface area (Å²) in [6.45, 7) is 8.56. The summed E-state index contributed by atoms with van der Waals surface area (Å²) in [4.78, 5) is 23.3. The lowest BCUT2D eigenvalue weighted by molar-refractivity contribution is 0.0528. The zero-order valence-electron chi connectivity index (χ0n) is 20.5. The number of nitriles is 1. The summed E-state index contributed by atoms with van der Waals surface area (Å²) < 4.78 is 7.14. The molecule has 182 valence electrons. The van der Waals surface area contributed by atoms with Crippen LogP contribution in [0.1, 0.15) is 50.3 Å². The molecule has 1 aliphatic heterocycles. The number of nitrogens with one attached hydrogen (secondary N) is 1. The molecular weight excluding hydrogens is 442 g/mol. The Hall–Kier alpha value is -3.93. The first-order valence-corrected chi connectivity index (χ1v) is 11.9. The van der Waals surface area contributed by atoms with Gasteiger partial charge in [-0.1, -0.05) is 0 Å². The lowest BCUT2D eigenvalue weighted by Crippen LogP contribution is -2.33. The van der Waals surface area contributed by atoms with Gasteiger partial charge in [-0.3, -0.25) is 4.68 Å². The molecule has 3 aromatic rings. The molecule has 35 heavy (non-hydrogen) atoms. The van der Waals surface area contributed by atoms with Crippen LogP contribution < -0.4 is 10.2 Å². The molecule has 1 N–H and O–H groups in total. The van der Waals surface area contributed by atoms with E-state index in [1.807, 2.05) is 43.8 Å². The van der Waals surface area contributed by atoms with Crippen LogP contribution in [0.15, 0.2) is 43.0 Å². The van der Waals surface area contributed by atoms with Gasteiger partial charge in [0.05, 0.1) is 30.1 Å². The third kappa shape index (κ3) is 6.57. The molecule has 1 aromatic carbocycles. The van der Waals surface area contributed by atoms with Crippen molar-refractivity contribution in [1.82, 2.24) is 25.1 Å². The zero-order valence-corrected chi connectivity index (χ0v) is 20.5. The first kappa shape index (κ1) is 24.2. The topological polar surface area (TPSA) is 109 Å². The Morgan fingerprint density at radius 1 is 1.17 bits per heavy atom. The highest BCUT2D eigenvalue weighted by molar-refractivity contribution is 5.67. The van der Waals surface area contributed by atoms with Crippen LogP contribution in [-0.4, -0.2) is 51.1 Å². The van der Waals surface area contributed by atoms with Gasteiger partial charge in [-0.25, -0.2) is 14.8 Å². The highest BCUT2D eigenvalue weighted by atomic mass is 16.6. The lowest BCUT2D eigenvalue weighted by Gasteiger charge is -2.19. The first-order chi connectivity index (χ1) is 16.8. The molecule has 1 saturated heterocycles. The van der Waals surface area contributed by atoms with Crippen LogP contribution in [-0.2, 0) is 17.7 Å². The second-order valence-electron chi connectivity index (χ2n) is 9.67. The second kappa shape index (κ2) is 10.6. The minimum absolute atomic E-state index is 0.429. The van der Waals surface area contributed by atoms with Crippen molar-refractivity contribution in [2.24, 2.45) is 0 Å². The zero-order chi connectivity index (χ0) is 24.8. The molecule has 9 heteroatoms. The Balaban J connectivity index is 1.44. The fraction of sp³-hybridized carbons (Fsp3) is 0.423. The van der Waals surface area contributed by atoms with Gasteiger partial charge in [0.15, 0.2) is 5.82 Å². The standard InChI is InChI=1S/C26H31N7O2/c1-26(2,3)35-25(34)28-9-8-20-14-29-24(30-15-20)23-7-6-19(13-27)12-21(23)17-33-18-22(16-31-33)32-10-4-5-11-32/h6-7,12,14-16,18H,4-5,8-11,17H2,1-3H3,(H,28,34). The number of aromatic nitrogens is 4. The van der Waals surface area contributed by atoms with Gasteiger partial charge >= 0.3 is 6.09 Å². The fourth-order valence-corrected chi connectivity index (χ4v) is 4.01. The highest BCUT2D eigenvalue weighted by Gasteiger charge is 2.17. The molecule has 0 saturated carbocycles. The van der Waals surface area contributed by atoms with Crippen LogP contribution in [0, 0.1) is 11.3 Å². The van der Waals surface area contributed by atoms with E-state index in [1.54, 1.807) is 18.5 Å². The summed E-state index contributed by atoms with van der Waals surface area (Å²) >= 11 is 0. The van der Waals surface area contributed by atoms with Crippen LogP contribution in [0.2, 0.25) is 0 Å². The number of hydrogen-bond acceptors (Lipinski definition) is 7. The highest BCUT2D eigenvalue weighted by Crippen LogP contribution is 2.24. The van der Waals surface area contributed by atoms with Crippen molar-refractivity contribution in [3.05, 3.63) is 59.7 Å². The van der Waals surface area contributed by atoms with E-state index in [2.05, 4.69) is 37.5 Å². The number of rotatable bonds is 7. The number of benzene rings is 1. The maximum absolute atomic E-state index is 11.8. The number of alkyl carbamates (subject to hydrolysis) is 1. The van der Waals surface area contributed by atoms with Gasteiger partial charge in [0.2, 0.25) is 0 Å². The number of ether oxygens (including phenoxy) is 1. The molecule has 1 amide bonds. The molecule has 1 aliphatic rings. The smallest absolute Gasteiger partial charge is 0.407 e. The van der Waals surface area contributed by atoms with Crippen molar-refractivity contribution < 1.29 is 9.53 Å². The average Bonchev–Trinajstić information content (AvgIpc) is 3.51. The van der Waals surface area contributed by atoms with E-state index in [-0.39, 0.29) is 0 Å². The third-order valence-corrected chi connectivity index (χ3v) is 5.69. The van der Waals surface area contributed by atoms with Gasteiger partial charge in [-0.15, -0.1) is 0 Å². The van der Waals surface area contributed by atoms with Gasteiger partial charge in [0.25, 0.3) is 0 Å². The van der Waals surface area contributed by atoms with E-state index in [9.17, 15) is 10.1 Å². The van der Waals surface area contributed by atoms with Crippen LogP contribution in [0.3, 0.4) is 0 Å². The first-order valence-electron chi connectivity index (χ1n) is 11.9. The maximum Gasteiger partial charge on any atom is 0.407 e. The van der Waals surface area contributed by atoms with Gasteiger partial charge in [0.1, 0.15) is 5.60 Å². The minimum atomic E-state index is -0.528. The molecule has 1 fully saturated rings. The van der Waals surface area contributed by atoms with Crippen molar-refractivity contribution >= 4 is 11.8 Å². The Labute approximate surface area is 205 Å². The predicted molar refractivity (Wildman–Crippen MR) is 133 cm³/mol. The number of nitrogens with zero attached hydrogens (tertiary/aromatic N) is 6. The minimum Gasteiger partial charge on any atom is -0.444 e. The maximum atomic E-state index is 11.8. The Morgan fingerprint density at radius 2 is 1.91 bits per heavy atom. The van der Waals surface area contributed by atoms with E-state index in [0.717, 1.165) is 35.5 Å². The summed E-state index contributed by atoms with van der Waals surface area (Å²) in [6, 6.07) is 7.75. The quantitative estimate of drug-likeness (QED) is 0.554.